The summed E-state index contributed by atoms with van der Waals surface area (Å²) < 4.78 is 5.46. The van der Waals surface area contributed by atoms with E-state index >= 15 is 0 Å². The van der Waals surface area contributed by atoms with Crippen molar-refractivity contribution in [3.8, 4) is 16.9 Å². The van der Waals surface area contributed by atoms with Crippen LogP contribution in [0, 0.1) is 0 Å². The molecule has 4 rings (SSSR count). The fourth-order valence-electron chi connectivity index (χ4n) is 3.42. The lowest BCUT2D eigenvalue weighted by Gasteiger charge is -2.22. The highest BCUT2D eigenvalue weighted by atomic mass is 31.1. The van der Waals surface area contributed by atoms with E-state index in [9.17, 15) is 4.79 Å². The quantitative estimate of drug-likeness (QED) is 0.241. The molecule has 3 heteroatoms. The molecule has 0 aliphatic carbocycles. The molecule has 4 aromatic carbocycles. The summed E-state index contributed by atoms with van der Waals surface area (Å²) in [5.74, 6) is 0.356. The summed E-state index contributed by atoms with van der Waals surface area (Å²) in [6.45, 7) is 1.80. The molecule has 0 amide bonds. The molecule has 148 valence electrons. The molecule has 0 heterocycles. The zero-order chi connectivity index (χ0) is 20.8. The van der Waals surface area contributed by atoms with Crippen LogP contribution in [0.25, 0.3) is 11.1 Å². The van der Waals surface area contributed by atoms with Crippen LogP contribution in [-0.4, -0.2) is 5.97 Å². The smallest absolute Gasteiger partial charge is 0.310 e. The van der Waals surface area contributed by atoms with Gasteiger partial charge in [-0.05, 0) is 47.1 Å². The standard InChI is InChI=1S/C27H23O2P/c1-2-27(28)29-22-13-11-12-21(20-22)25-18-9-10-19-26(25)30(23-14-5-3-6-15-23)24-16-7-4-8-17-24/h3-20H,2H2,1H3. The van der Waals surface area contributed by atoms with Crippen LogP contribution >= 0.6 is 7.92 Å². The van der Waals surface area contributed by atoms with Gasteiger partial charge in [0.2, 0.25) is 0 Å². The van der Waals surface area contributed by atoms with Crippen LogP contribution in [-0.2, 0) is 4.79 Å². The van der Waals surface area contributed by atoms with Gasteiger partial charge in [-0.15, -0.1) is 0 Å². The number of benzene rings is 4. The van der Waals surface area contributed by atoms with E-state index < -0.39 is 7.92 Å². The lowest BCUT2D eigenvalue weighted by Crippen LogP contribution is -2.22. The Morgan fingerprint density at radius 2 is 1.33 bits per heavy atom. The summed E-state index contributed by atoms with van der Waals surface area (Å²) in [6, 6.07) is 37.6. The zero-order valence-electron chi connectivity index (χ0n) is 16.9. The van der Waals surface area contributed by atoms with Crippen LogP contribution < -0.4 is 20.7 Å². The first-order chi connectivity index (χ1) is 14.8. The van der Waals surface area contributed by atoms with Crippen molar-refractivity contribution in [3.63, 3.8) is 0 Å². The first-order valence-corrected chi connectivity index (χ1v) is 11.4. The van der Waals surface area contributed by atoms with Crippen molar-refractivity contribution in [1.82, 2.24) is 0 Å². The van der Waals surface area contributed by atoms with Crippen LogP contribution in [0.5, 0.6) is 5.75 Å². The Labute approximate surface area is 178 Å². The highest BCUT2D eigenvalue weighted by molar-refractivity contribution is 7.80. The first-order valence-electron chi connectivity index (χ1n) is 10.1. The summed E-state index contributed by atoms with van der Waals surface area (Å²) in [5.41, 5.74) is 2.21. The van der Waals surface area contributed by atoms with Gasteiger partial charge in [-0.2, -0.15) is 0 Å². The third-order valence-corrected chi connectivity index (χ3v) is 7.34. The maximum Gasteiger partial charge on any atom is 0.310 e. The second-order valence-corrected chi connectivity index (χ2v) is 9.06. The second-order valence-electron chi connectivity index (χ2n) is 6.88. The van der Waals surface area contributed by atoms with Gasteiger partial charge in [0.25, 0.3) is 0 Å². The Morgan fingerprint density at radius 3 is 1.97 bits per heavy atom. The average molecular weight is 410 g/mol. The van der Waals surface area contributed by atoms with Crippen LogP contribution in [0.1, 0.15) is 13.3 Å². The van der Waals surface area contributed by atoms with E-state index in [1.54, 1.807) is 6.92 Å². The van der Waals surface area contributed by atoms with Crippen molar-refractivity contribution < 1.29 is 9.53 Å². The van der Waals surface area contributed by atoms with Crippen molar-refractivity contribution in [3.05, 3.63) is 109 Å². The molecule has 0 fully saturated rings. The number of rotatable bonds is 6. The maximum atomic E-state index is 11.8. The molecular weight excluding hydrogens is 387 g/mol. The molecule has 0 unspecified atom stereocenters. The van der Waals surface area contributed by atoms with E-state index in [1.807, 2.05) is 18.2 Å². The van der Waals surface area contributed by atoms with Crippen LogP contribution in [0.2, 0.25) is 0 Å². The van der Waals surface area contributed by atoms with Gasteiger partial charge in [0.1, 0.15) is 5.75 Å². The molecule has 0 spiro atoms. The van der Waals surface area contributed by atoms with Crippen molar-refractivity contribution in [1.29, 1.82) is 0 Å². The van der Waals surface area contributed by atoms with Gasteiger partial charge in [0, 0.05) is 6.42 Å². The van der Waals surface area contributed by atoms with Gasteiger partial charge in [-0.1, -0.05) is 104 Å². The van der Waals surface area contributed by atoms with Gasteiger partial charge in [0.05, 0.1) is 0 Å². The molecule has 0 N–H and O–H groups in total. The fourth-order valence-corrected chi connectivity index (χ4v) is 5.90. The Bertz CT molecular complexity index is 1080. The number of carbonyl (C=O) groups excluding carboxylic acids is 1. The lowest BCUT2D eigenvalue weighted by molar-refractivity contribution is -0.134. The molecule has 0 aliphatic rings. The number of carbonyl (C=O) groups is 1. The summed E-state index contributed by atoms with van der Waals surface area (Å²) in [4.78, 5) is 11.8. The van der Waals surface area contributed by atoms with Crippen molar-refractivity contribution in [2.75, 3.05) is 0 Å². The van der Waals surface area contributed by atoms with E-state index in [0.717, 1.165) is 11.1 Å². The van der Waals surface area contributed by atoms with Crippen molar-refractivity contribution in [2.24, 2.45) is 0 Å². The average Bonchev–Trinajstić information content (AvgIpc) is 2.81. The van der Waals surface area contributed by atoms with Crippen LogP contribution in [0.15, 0.2) is 109 Å². The minimum atomic E-state index is -0.728. The molecule has 2 nitrogen and oxygen atoms in total. The van der Waals surface area contributed by atoms with Crippen molar-refractivity contribution >= 4 is 29.8 Å². The summed E-state index contributed by atoms with van der Waals surface area (Å²) in [7, 11) is -0.728. The molecular formula is C27H23O2P. The van der Waals surface area contributed by atoms with E-state index in [0.29, 0.717) is 12.2 Å². The number of ether oxygens (including phenoxy) is 1. The zero-order valence-corrected chi connectivity index (χ0v) is 17.8. The number of esters is 1. The molecule has 0 saturated carbocycles. The fraction of sp³-hybridized carbons (Fsp3) is 0.0741. The normalized spacial score (nSPS) is 10.7. The van der Waals surface area contributed by atoms with E-state index in [2.05, 4.69) is 91.0 Å². The predicted molar refractivity (Wildman–Crippen MR) is 127 cm³/mol. The van der Waals surface area contributed by atoms with Crippen LogP contribution in [0.3, 0.4) is 0 Å². The van der Waals surface area contributed by atoms with Gasteiger partial charge >= 0.3 is 5.97 Å². The van der Waals surface area contributed by atoms with E-state index in [4.69, 9.17) is 4.74 Å². The molecule has 0 radical (unpaired) electrons. The lowest BCUT2D eigenvalue weighted by atomic mass is 10.1. The molecule has 0 aromatic heterocycles. The Balaban J connectivity index is 1.84. The Hall–Kier alpha value is -3.22. The SMILES string of the molecule is CCC(=O)Oc1cccc(-c2ccccc2P(c2ccccc2)c2ccccc2)c1. The second kappa shape index (κ2) is 9.52. The number of hydrogen-bond donors (Lipinski definition) is 0. The van der Waals surface area contributed by atoms with E-state index in [-0.39, 0.29) is 5.97 Å². The van der Waals surface area contributed by atoms with E-state index in [1.165, 1.54) is 15.9 Å². The topological polar surface area (TPSA) is 26.3 Å². The molecule has 0 bridgehead atoms. The summed E-state index contributed by atoms with van der Waals surface area (Å²) in [5, 5.41) is 3.89. The molecule has 0 saturated heterocycles. The monoisotopic (exact) mass is 410 g/mol. The largest absolute Gasteiger partial charge is 0.427 e. The molecule has 30 heavy (non-hydrogen) atoms. The van der Waals surface area contributed by atoms with Gasteiger partial charge in [0.15, 0.2) is 0 Å². The molecule has 0 aliphatic heterocycles. The third kappa shape index (κ3) is 4.50. The minimum absolute atomic E-state index is 0.226. The Morgan fingerprint density at radius 1 is 0.733 bits per heavy atom. The third-order valence-electron chi connectivity index (χ3n) is 4.84. The molecule has 0 atom stereocenters. The number of hydrogen-bond acceptors (Lipinski definition) is 2. The van der Waals surface area contributed by atoms with Crippen LogP contribution in [0.4, 0.5) is 0 Å². The minimum Gasteiger partial charge on any atom is -0.427 e. The highest BCUT2D eigenvalue weighted by Crippen LogP contribution is 2.37. The maximum absolute atomic E-state index is 11.8. The highest BCUT2D eigenvalue weighted by Gasteiger charge is 2.20. The van der Waals surface area contributed by atoms with Gasteiger partial charge in [-0.25, -0.2) is 0 Å². The van der Waals surface area contributed by atoms with Crippen molar-refractivity contribution in [2.45, 2.75) is 13.3 Å². The first kappa shape index (κ1) is 20.1. The summed E-state index contributed by atoms with van der Waals surface area (Å²) in [6.07, 6.45) is 0.355. The predicted octanol–water partition coefficient (Wildman–Crippen LogP) is 5.43. The van der Waals surface area contributed by atoms with Gasteiger partial charge < -0.3 is 4.74 Å². The van der Waals surface area contributed by atoms with Gasteiger partial charge in [-0.3, -0.25) is 4.79 Å². The summed E-state index contributed by atoms with van der Waals surface area (Å²) >= 11 is 0. The Kier molecular flexibility index (Phi) is 6.37. The molecule has 4 aromatic rings.